The van der Waals surface area contributed by atoms with Crippen LogP contribution in [0.4, 0.5) is 0 Å². The van der Waals surface area contributed by atoms with Gasteiger partial charge in [0.05, 0.1) is 16.1 Å². The second kappa shape index (κ2) is 10.9. The number of thiazole rings is 1. The molecule has 11 nitrogen and oxygen atoms in total. The molecule has 0 bridgehead atoms. The number of aromatic nitrogens is 1. The number of rotatable bonds is 9. The zero-order chi connectivity index (χ0) is 26.8. The van der Waals surface area contributed by atoms with Crippen molar-refractivity contribution in [2.24, 2.45) is 5.11 Å². The van der Waals surface area contributed by atoms with Gasteiger partial charge in [-0.2, -0.15) is 16.8 Å². The molecule has 0 unspecified atom stereocenters. The predicted molar refractivity (Wildman–Crippen MR) is 144 cm³/mol. The molecule has 0 aliphatic heterocycles. The van der Waals surface area contributed by atoms with Gasteiger partial charge in [-0.1, -0.05) is 54.4 Å². The Morgan fingerprint density at radius 1 is 0.919 bits per heavy atom. The second-order valence-electron chi connectivity index (χ2n) is 7.27. The molecule has 16 heteroatoms. The average Bonchev–Trinajstić information content (AvgIpc) is 3.24. The zero-order valence-electron chi connectivity index (χ0n) is 18.2. The van der Waals surface area contributed by atoms with E-state index >= 15 is 0 Å². The Morgan fingerprint density at radius 2 is 1.49 bits per heavy atom. The van der Waals surface area contributed by atoms with Crippen LogP contribution in [-0.4, -0.2) is 28.4 Å². The van der Waals surface area contributed by atoms with E-state index in [1.54, 1.807) is 0 Å². The first-order valence-corrected chi connectivity index (χ1v) is 15.3. The van der Waals surface area contributed by atoms with Crippen molar-refractivity contribution in [1.82, 2.24) is 4.98 Å². The van der Waals surface area contributed by atoms with Crippen LogP contribution in [0.3, 0.4) is 0 Å². The van der Waals surface area contributed by atoms with Gasteiger partial charge < -0.3 is 9.17 Å². The molecule has 1 N–H and O–H groups in total. The minimum atomic E-state index is -4.31. The third kappa shape index (κ3) is 6.23. The lowest BCUT2D eigenvalue weighted by Gasteiger charge is -2.18. The number of hydrogen-bond acceptors (Lipinski definition) is 9. The molecule has 0 amide bonds. The number of hydrogen-bond donors (Lipinski definition) is 1. The van der Waals surface area contributed by atoms with Gasteiger partial charge in [0, 0.05) is 19.4 Å². The van der Waals surface area contributed by atoms with Crippen LogP contribution in [-0.2, 0) is 24.4 Å². The lowest BCUT2D eigenvalue weighted by atomic mass is 10.1. The van der Waals surface area contributed by atoms with Gasteiger partial charge in [0.25, 0.3) is 10.1 Å². The number of benzene rings is 3. The standard InChI is InChI=1S/C21H14Br2N4O7S3/c22-12-1-5-14(6-2-12)36(29,30)33-17-10-9-16(20-19(17)26-21(28)35-20)18(11-25-27-24)34-37(31,32)15-7-3-13(23)4-8-15/h1-10,18H,11H2,(H,26,28)/t18-/m0/s1. The van der Waals surface area contributed by atoms with Crippen molar-refractivity contribution in [2.75, 3.05) is 6.54 Å². The highest BCUT2D eigenvalue weighted by Gasteiger charge is 2.27. The van der Waals surface area contributed by atoms with Crippen molar-refractivity contribution in [1.29, 1.82) is 0 Å². The smallest absolute Gasteiger partial charge is 0.339 e. The average molecular weight is 690 g/mol. The fourth-order valence-corrected chi connectivity index (χ4v) is 6.65. The van der Waals surface area contributed by atoms with E-state index in [1.165, 1.54) is 60.7 Å². The number of H-pyrrole nitrogens is 1. The lowest BCUT2D eigenvalue weighted by Crippen LogP contribution is -2.15. The molecule has 0 fully saturated rings. The van der Waals surface area contributed by atoms with Gasteiger partial charge in [-0.25, -0.2) is 0 Å². The largest absolute Gasteiger partial charge is 0.377 e. The van der Waals surface area contributed by atoms with Crippen molar-refractivity contribution >= 4 is 73.6 Å². The summed E-state index contributed by atoms with van der Waals surface area (Å²) in [5.41, 5.74) is 9.03. The molecule has 1 heterocycles. The van der Waals surface area contributed by atoms with Crippen molar-refractivity contribution in [3.05, 3.63) is 95.3 Å². The summed E-state index contributed by atoms with van der Waals surface area (Å²) in [5.74, 6) is -0.182. The van der Waals surface area contributed by atoms with E-state index in [2.05, 4.69) is 46.9 Å². The number of azide groups is 1. The Bertz CT molecular complexity index is 1780. The minimum absolute atomic E-state index is 0.0174. The van der Waals surface area contributed by atoms with Crippen molar-refractivity contribution in [2.45, 2.75) is 15.9 Å². The molecule has 192 valence electrons. The zero-order valence-corrected chi connectivity index (χ0v) is 23.9. The Kier molecular flexibility index (Phi) is 8.08. The first kappa shape index (κ1) is 27.3. The number of nitrogens with one attached hydrogen (secondary N) is 1. The molecule has 0 aliphatic rings. The highest BCUT2D eigenvalue weighted by molar-refractivity contribution is 9.10. The van der Waals surface area contributed by atoms with Crippen LogP contribution in [0.25, 0.3) is 20.7 Å². The van der Waals surface area contributed by atoms with Crippen molar-refractivity contribution < 1.29 is 25.2 Å². The maximum atomic E-state index is 12.9. The van der Waals surface area contributed by atoms with Crippen LogP contribution in [0.1, 0.15) is 11.7 Å². The molecule has 0 radical (unpaired) electrons. The monoisotopic (exact) mass is 688 g/mol. The van der Waals surface area contributed by atoms with E-state index < -0.39 is 37.8 Å². The second-order valence-corrected chi connectivity index (χ2v) is 13.2. The first-order valence-electron chi connectivity index (χ1n) is 10.1. The molecule has 4 aromatic rings. The number of fused-ring (bicyclic) bond motifs is 1. The van der Waals surface area contributed by atoms with E-state index in [0.717, 1.165) is 0 Å². The molecular weight excluding hydrogens is 676 g/mol. The summed E-state index contributed by atoms with van der Waals surface area (Å²) in [6, 6.07) is 14.1. The summed E-state index contributed by atoms with van der Waals surface area (Å²) in [6.07, 6.45) is -1.32. The lowest BCUT2D eigenvalue weighted by molar-refractivity contribution is 0.223. The molecule has 1 atom stereocenters. The van der Waals surface area contributed by atoms with E-state index in [1.807, 2.05) is 0 Å². The summed E-state index contributed by atoms with van der Waals surface area (Å²) in [7, 11) is -8.58. The highest BCUT2D eigenvalue weighted by Crippen LogP contribution is 2.36. The van der Waals surface area contributed by atoms with Gasteiger partial charge in [-0.15, -0.1) is 0 Å². The molecule has 0 aliphatic carbocycles. The Hall–Kier alpha value is -2.72. The number of halogens is 2. The summed E-state index contributed by atoms with van der Waals surface area (Å²) in [4.78, 5) is 16.6. The quantitative estimate of drug-likeness (QED) is 0.103. The van der Waals surface area contributed by atoms with Gasteiger partial charge in [0.2, 0.25) is 0 Å². The summed E-state index contributed by atoms with van der Waals surface area (Å²) < 4.78 is 63.7. The molecule has 4 rings (SSSR count). The normalized spacial score (nSPS) is 12.7. The molecule has 37 heavy (non-hydrogen) atoms. The fourth-order valence-electron chi connectivity index (χ4n) is 3.22. The highest BCUT2D eigenvalue weighted by atomic mass is 79.9. The van der Waals surface area contributed by atoms with Crippen LogP contribution in [0.5, 0.6) is 5.75 Å². The molecule has 0 saturated carbocycles. The predicted octanol–water partition coefficient (Wildman–Crippen LogP) is 5.64. The fraction of sp³-hybridized carbons (Fsp3) is 0.0952. The molecule has 0 saturated heterocycles. The third-order valence-electron chi connectivity index (χ3n) is 4.88. The van der Waals surface area contributed by atoms with Crippen molar-refractivity contribution in [3.8, 4) is 5.75 Å². The van der Waals surface area contributed by atoms with Crippen LogP contribution in [0, 0.1) is 0 Å². The van der Waals surface area contributed by atoms with E-state index in [4.69, 9.17) is 13.9 Å². The van der Waals surface area contributed by atoms with Crippen LogP contribution in [0.15, 0.2) is 89.3 Å². The molecule has 0 spiro atoms. The SMILES string of the molecule is [N-]=[N+]=NC[C@H](OS(=O)(=O)c1ccc(Br)cc1)c1ccc(OS(=O)(=O)c2ccc(Br)cc2)c2[nH]c(=O)sc12. The molecule has 3 aromatic carbocycles. The summed E-state index contributed by atoms with van der Waals surface area (Å²) >= 11 is 7.16. The van der Waals surface area contributed by atoms with E-state index in [0.29, 0.717) is 20.3 Å². The Labute approximate surface area is 231 Å². The maximum Gasteiger partial charge on any atom is 0.339 e. The first-order chi connectivity index (χ1) is 17.5. The molecular formula is C21H14Br2N4O7S3. The van der Waals surface area contributed by atoms with Crippen LogP contribution >= 0.6 is 43.2 Å². The number of aromatic amines is 1. The van der Waals surface area contributed by atoms with Gasteiger partial charge in [0.15, 0.2) is 5.75 Å². The van der Waals surface area contributed by atoms with Crippen molar-refractivity contribution in [3.63, 3.8) is 0 Å². The Morgan fingerprint density at radius 3 is 2.05 bits per heavy atom. The topological polar surface area (TPSA) is 168 Å². The summed E-state index contributed by atoms with van der Waals surface area (Å²) in [5, 5.41) is 3.45. The molecule has 1 aromatic heterocycles. The van der Waals surface area contributed by atoms with Gasteiger partial charge in [0.1, 0.15) is 16.5 Å². The van der Waals surface area contributed by atoms with E-state index in [-0.39, 0.29) is 31.3 Å². The summed E-state index contributed by atoms with van der Waals surface area (Å²) in [6.45, 7) is -0.426. The van der Waals surface area contributed by atoms with Gasteiger partial charge in [-0.05, 0) is 60.1 Å². The Balaban J connectivity index is 1.76. The van der Waals surface area contributed by atoms with Gasteiger partial charge in [-0.3, -0.25) is 8.98 Å². The minimum Gasteiger partial charge on any atom is -0.377 e. The maximum absolute atomic E-state index is 12.9. The van der Waals surface area contributed by atoms with Crippen LogP contribution < -0.4 is 9.06 Å². The third-order valence-corrected chi connectivity index (χ3v) is 9.45. The van der Waals surface area contributed by atoms with Gasteiger partial charge >= 0.3 is 15.0 Å². The number of nitrogens with zero attached hydrogens (tertiary/aromatic N) is 3. The van der Waals surface area contributed by atoms with E-state index in [9.17, 15) is 21.6 Å². The van der Waals surface area contributed by atoms with Crippen LogP contribution in [0.2, 0.25) is 0 Å².